The highest BCUT2D eigenvalue weighted by molar-refractivity contribution is 7.92. The maximum atomic E-state index is 12.6. The lowest BCUT2D eigenvalue weighted by molar-refractivity contribution is 0.601. The van der Waals surface area contributed by atoms with Crippen molar-refractivity contribution in [3.63, 3.8) is 0 Å². The first-order valence-electron chi connectivity index (χ1n) is 7.32. The van der Waals surface area contributed by atoms with Gasteiger partial charge in [-0.2, -0.15) is 10.2 Å². The molecule has 0 atom stereocenters. The Morgan fingerprint density at radius 1 is 1.04 bits per heavy atom. The third-order valence-corrected chi connectivity index (χ3v) is 4.76. The summed E-state index contributed by atoms with van der Waals surface area (Å²) in [5, 5.41) is 11.2. The zero-order valence-corrected chi connectivity index (χ0v) is 13.9. The van der Waals surface area contributed by atoms with E-state index in [4.69, 9.17) is 0 Å². The van der Waals surface area contributed by atoms with Crippen LogP contribution in [0.25, 0.3) is 5.69 Å². The van der Waals surface area contributed by atoms with E-state index in [1.807, 2.05) is 13.1 Å². The first-order valence-corrected chi connectivity index (χ1v) is 8.80. The van der Waals surface area contributed by atoms with Gasteiger partial charge in [0.25, 0.3) is 10.0 Å². The lowest BCUT2D eigenvalue weighted by atomic mass is 10.2. The number of aromatic nitrogens is 3. The molecule has 8 heteroatoms. The van der Waals surface area contributed by atoms with Gasteiger partial charge in [0.05, 0.1) is 23.0 Å². The molecule has 124 valence electrons. The fourth-order valence-corrected chi connectivity index (χ4v) is 3.38. The van der Waals surface area contributed by atoms with Crippen molar-refractivity contribution >= 4 is 15.7 Å². The van der Waals surface area contributed by atoms with E-state index in [1.165, 1.54) is 17.2 Å². The van der Waals surface area contributed by atoms with Crippen LogP contribution in [0.4, 0.5) is 5.69 Å². The molecule has 0 amide bonds. The van der Waals surface area contributed by atoms with Crippen LogP contribution in [0.5, 0.6) is 0 Å². The Labute approximate surface area is 140 Å². The molecular formula is C16H17N5O2S. The van der Waals surface area contributed by atoms with Gasteiger partial charge in [-0.25, -0.2) is 8.42 Å². The van der Waals surface area contributed by atoms with Crippen molar-refractivity contribution < 1.29 is 8.42 Å². The molecule has 0 aliphatic carbocycles. The molecule has 0 fully saturated rings. The minimum absolute atomic E-state index is 0.198. The number of sulfonamides is 1. The molecule has 0 spiro atoms. The number of anilines is 1. The van der Waals surface area contributed by atoms with Crippen molar-refractivity contribution in [3.8, 4) is 5.69 Å². The summed E-state index contributed by atoms with van der Waals surface area (Å²) in [5.74, 6) is 0. The first kappa shape index (κ1) is 16.2. The molecule has 3 rings (SSSR count). The number of hydrogen-bond donors (Lipinski definition) is 2. The number of rotatable bonds is 6. The number of nitrogens with one attached hydrogen (secondary N) is 2. The molecule has 1 heterocycles. The van der Waals surface area contributed by atoms with Crippen LogP contribution in [0.3, 0.4) is 0 Å². The zero-order chi connectivity index (χ0) is 17.0. The van der Waals surface area contributed by atoms with Crippen LogP contribution in [-0.4, -0.2) is 30.5 Å². The highest BCUT2D eigenvalue weighted by Crippen LogP contribution is 2.24. The average Bonchev–Trinajstić information content (AvgIpc) is 3.10. The maximum absolute atomic E-state index is 12.6. The molecule has 0 radical (unpaired) electrons. The van der Waals surface area contributed by atoms with Crippen LogP contribution >= 0.6 is 0 Å². The van der Waals surface area contributed by atoms with Gasteiger partial charge in [-0.15, -0.1) is 4.80 Å². The Hall–Kier alpha value is -2.71. The zero-order valence-electron chi connectivity index (χ0n) is 13.0. The molecule has 0 bridgehead atoms. The summed E-state index contributed by atoms with van der Waals surface area (Å²) >= 11 is 0. The molecule has 0 saturated carbocycles. The van der Waals surface area contributed by atoms with Gasteiger partial charge in [-0.1, -0.05) is 24.3 Å². The van der Waals surface area contributed by atoms with Gasteiger partial charge in [0.2, 0.25) is 0 Å². The second-order valence-corrected chi connectivity index (χ2v) is 6.80. The van der Waals surface area contributed by atoms with Gasteiger partial charge >= 0.3 is 0 Å². The van der Waals surface area contributed by atoms with Crippen LogP contribution in [0.1, 0.15) is 5.56 Å². The van der Waals surface area contributed by atoms with Crippen molar-refractivity contribution in [1.29, 1.82) is 0 Å². The summed E-state index contributed by atoms with van der Waals surface area (Å²) < 4.78 is 27.9. The molecule has 24 heavy (non-hydrogen) atoms. The van der Waals surface area contributed by atoms with Crippen molar-refractivity contribution in [2.45, 2.75) is 11.4 Å². The molecule has 0 aliphatic heterocycles. The molecule has 2 aromatic carbocycles. The Morgan fingerprint density at radius 3 is 2.42 bits per heavy atom. The van der Waals surface area contributed by atoms with E-state index in [1.54, 1.807) is 42.5 Å². The highest BCUT2D eigenvalue weighted by atomic mass is 32.2. The lowest BCUT2D eigenvalue weighted by Gasteiger charge is -2.13. The minimum Gasteiger partial charge on any atom is -0.316 e. The number of benzene rings is 2. The fraction of sp³-hybridized carbons (Fsp3) is 0.125. The Balaban J connectivity index is 2.03. The normalized spacial score (nSPS) is 11.4. The van der Waals surface area contributed by atoms with E-state index in [2.05, 4.69) is 20.2 Å². The predicted molar refractivity (Wildman–Crippen MR) is 91.4 cm³/mol. The lowest BCUT2D eigenvalue weighted by Crippen LogP contribution is -2.16. The molecule has 2 N–H and O–H groups in total. The van der Waals surface area contributed by atoms with Crippen LogP contribution in [0, 0.1) is 0 Å². The predicted octanol–water partition coefficient (Wildman–Crippen LogP) is 1.79. The average molecular weight is 343 g/mol. The third-order valence-electron chi connectivity index (χ3n) is 3.37. The maximum Gasteiger partial charge on any atom is 0.261 e. The van der Waals surface area contributed by atoms with E-state index in [0.717, 1.165) is 5.56 Å². The van der Waals surface area contributed by atoms with Crippen molar-refractivity contribution in [1.82, 2.24) is 20.3 Å². The molecule has 0 saturated heterocycles. The highest BCUT2D eigenvalue weighted by Gasteiger charge is 2.17. The molecule has 0 unspecified atom stereocenters. The summed E-state index contributed by atoms with van der Waals surface area (Å²) in [6.45, 7) is 0.618. The number of nitrogens with zero attached hydrogens (tertiary/aromatic N) is 3. The van der Waals surface area contributed by atoms with Crippen molar-refractivity contribution in [2.75, 3.05) is 11.8 Å². The van der Waals surface area contributed by atoms with E-state index >= 15 is 0 Å². The molecular weight excluding hydrogens is 326 g/mol. The second kappa shape index (κ2) is 6.81. The van der Waals surface area contributed by atoms with E-state index in [-0.39, 0.29) is 4.90 Å². The fourth-order valence-electron chi connectivity index (χ4n) is 2.30. The summed E-state index contributed by atoms with van der Waals surface area (Å²) in [6.07, 6.45) is 3.08. The Kier molecular flexibility index (Phi) is 4.59. The monoisotopic (exact) mass is 343 g/mol. The van der Waals surface area contributed by atoms with Gasteiger partial charge in [0, 0.05) is 6.54 Å². The summed E-state index contributed by atoms with van der Waals surface area (Å²) in [4.78, 5) is 1.58. The quantitative estimate of drug-likeness (QED) is 0.712. The molecule has 3 aromatic rings. The van der Waals surface area contributed by atoms with E-state index < -0.39 is 10.0 Å². The van der Waals surface area contributed by atoms with Gasteiger partial charge in [0.15, 0.2) is 0 Å². The standard InChI is InChI=1S/C16H17N5O2S/c1-17-12-13-7-8-16(21-18-9-10-19-21)15(11-13)20-24(22,23)14-5-3-2-4-6-14/h2-11,17,20H,12H2,1H3. The SMILES string of the molecule is CNCc1ccc(-n2nccn2)c(NS(=O)(=O)c2ccccc2)c1. The molecule has 7 nitrogen and oxygen atoms in total. The second-order valence-electron chi connectivity index (χ2n) is 5.12. The van der Waals surface area contributed by atoms with Crippen molar-refractivity contribution in [3.05, 3.63) is 66.5 Å². The summed E-state index contributed by atoms with van der Waals surface area (Å²) in [6, 6.07) is 13.7. The number of hydrogen-bond acceptors (Lipinski definition) is 5. The Morgan fingerprint density at radius 2 is 1.75 bits per heavy atom. The van der Waals surface area contributed by atoms with E-state index in [9.17, 15) is 8.42 Å². The van der Waals surface area contributed by atoms with Crippen LogP contribution in [0.2, 0.25) is 0 Å². The van der Waals surface area contributed by atoms with Gasteiger partial charge < -0.3 is 5.32 Å². The summed E-state index contributed by atoms with van der Waals surface area (Å²) in [7, 11) is -1.87. The smallest absolute Gasteiger partial charge is 0.261 e. The van der Waals surface area contributed by atoms with Gasteiger partial charge in [-0.05, 0) is 36.9 Å². The first-order chi connectivity index (χ1) is 11.6. The van der Waals surface area contributed by atoms with Crippen LogP contribution < -0.4 is 10.0 Å². The van der Waals surface area contributed by atoms with Crippen LogP contribution in [-0.2, 0) is 16.6 Å². The minimum atomic E-state index is -3.70. The summed E-state index contributed by atoms with van der Waals surface area (Å²) in [5.41, 5.74) is 1.92. The van der Waals surface area contributed by atoms with Crippen LogP contribution in [0.15, 0.2) is 65.8 Å². The topological polar surface area (TPSA) is 88.9 Å². The largest absolute Gasteiger partial charge is 0.316 e. The van der Waals surface area contributed by atoms with E-state index in [0.29, 0.717) is 17.9 Å². The molecule has 1 aromatic heterocycles. The van der Waals surface area contributed by atoms with Crippen molar-refractivity contribution in [2.24, 2.45) is 0 Å². The third kappa shape index (κ3) is 3.44. The van der Waals surface area contributed by atoms with Gasteiger partial charge in [-0.3, -0.25) is 4.72 Å². The molecule has 0 aliphatic rings. The Bertz CT molecular complexity index is 909. The van der Waals surface area contributed by atoms with Gasteiger partial charge in [0.1, 0.15) is 5.69 Å².